The summed E-state index contributed by atoms with van der Waals surface area (Å²) in [4.78, 5) is 0. The summed E-state index contributed by atoms with van der Waals surface area (Å²) in [6.07, 6.45) is 0. The van der Waals surface area contributed by atoms with E-state index in [0.717, 1.165) is 20.6 Å². The third-order valence-corrected chi connectivity index (χ3v) is 5.33. The Morgan fingerprint density at radius 1 is 0.556 bits per heavy atom. The van der Waals surface area contributed by atoms with Crippen LogP contribution in [0.15, 0.2) is 95.5 Å². The molecule has 0 aliphatic heterocycles. The highest BCUT2D eigenvalue weighted by molar-refractivity contribution is 9.10. The van der Waals surface area contributed by atoms with Gasteiger partial charge in [-0.1, -0.05) is 81.5 Å². The summed E-state index contributed by atoms with van der Waals surface area (Å²) in [5.74, 6) is 0. The second-order valence-electron chi connectivity index (χ2n) is 6.69. The molecule has 0 saturated carbocycles. The molecule has 0 heterocycles. The topological polar surface area (TPSA) is 0 Å². The predicted molar refractivity (Wildman–Crippen MR) is 124 cm³/mol. The number of hydrogen-bond acceptors (Lipinski definition) is 0. The Hall–Kier alpha value is -2.29. The number of benzene rings is 4. The van der Waals surface area contributed by atoms with Crippen LogP contribution >= 0.6 is 27.5 Å². The Labute approximate surface area is 174 Å². The quantitative estimate of drug-likeness (QED) is 0.331. The Morgan fingerprint density at radius 2 is 1.07 bits per heavy atom. The van der Waals surface area contributed by atoms with Gasteiger partial charge in [-0.25, -0.2) is 0 Å². The first kappa shape index (κ1) is 18.1. The fourth-order valence-electron chi connectivity index (χ4n) is 3.29. The molecule has 0 saturated heterocycles. The molecule has 130 valence electrons. The molecule has 0 atom stereocenters. The number of halogens is 2. The van der Waals surface area contributed by atoms with Gasteiger partial charge < -0.3 is 0 Å². The van der Waals surface area contributed by atoms with E-state index < -0.39 is 0 Å². The van der Waals surface area contributed by atoms with Crippen molar-refractivity contribution >= 4 is 40.8 Å². The van der Waals surface area contributed by atoms with Crippen LogP contribution in [0, 0.1) is 0 Å². The van der Waals surface area contributed by atoms with Crippen molar-refractivity contribution in [3.05, 3.63) is 100 Å². The molecule has 4 aromatic carbocycles. The van der Waals surface area contributed by atoms with Crippen LogP contribution < -0.4 is 5.46 Å². The summed E-state index contributed by atoms with van der Waals surface area (Å²) in [5, 5.41) is 0.748. The van der Waals surface area contributed by atoms with Gasteiger partial charge in [0.05, 0.1) is 0 Å². The van der Waals surface area contributed by atoms with Gasteiger partial charge in [-0.15, -0.1) is 0 Å². The zero-order valence-corrected chi connectivity index (χ0v) is 17.3. The average molecular weight is 432 g/mol. The normalized spacial score (nSPS) is 10.7. The Morgan fingerprint density at radius 3 is 1.63 bits per heavy atom. The lowest BCUT2D eigenvalue weighted by molar-refractivity contribution is 1.56. The number of rotatable bonds is 3. The molecule has 0 nitrogen and oxygen atoms in total. The molecule has 0 amide bonds. The monoisotopic (exact) mass is 430 g/mol. The van der Waals surface area contributed by atoms with Gasteiger partial charge in [-0.3, -0.25) is 0 Å². The van der Waals surface area contributed by atoms with Crippen LogP contribution in [-0.2, 0) is 0 Å². The average Bonchev–Trinajstić information content (AvgIpc) is 2.68. The maximum atomic E-state index is 6.24. The zero-order valence-electron chi connectivity index (χ0n) is 14.9. The fraction of sp³-hybridized carbons (Fsp3) is 0. The van der Waals surface area contributed by atoms with Crippen molar-refractivity contribution in [3.63, 3.8) is 0 Å². The van der Waals surface area contributed by atoms with Gasteiger partial charge in [0, 0.05) is 9.50 Å². The van der Waals surface area contributed by atoms with Crippen LogP contribution in [0.4, 0.5) is 0 Å². The van der Waals surface area contributed by atoms with Crippen molar-refractivity contribution in [1.29, 1.82) is 0 Å². The van der Waals surface area contributed by atoms with Gasteiger partial charge in [0.25, 0.3) is 0 Å². The van der Waals surface area contributed by atoms with Crippen LogP contribution in [-0.4, -0.2) is 7.85 Å². The predicted octanol–water partition coefficient (Wildman–Crippen LogP) is 6.36. The molecular formula is C24H17BBrCl. The highest BCUT2D eigenvalue weighted by atomic mass is 79.9. The van der Waals surface area contributed by atoms with Gasteiger partial charge in [0.2, 0.25) is 0 Å². The van der Waals surface area contributed by atoms with E-state index in [2.05, 4.69) is 90.5 Å². The highest BCUT2D eigenvalue weighted by Crippen LogP contribution is 2.34. The van der Waals surface area contributed by atoms with Gasteiger partial charge >= 0.3 is 0 Å². The van der Waals surface area contributed by atoms with Crippen molar-refractivity contribution in [1.82, 2.24) is 0 Å². The molecule has 0 radical (unpaired) electrons. The first-order chi connectivity index (χ1) is 13.1. The molecule has 0 aliphatic rings. The minimum Gasteiger partial charge on any atom is -0.0884 e. The van der Waals surface area contributed by atoms with Crippen LogP contribution in [0.2, 0.25) is 5.02 Å². The lowest BCUT2D eigenvalue weighted by Crippen LogP contribution is -2.00. The maximum Gasteiger partial charge on any atom is 0.139 e. The Bertz CT molecular complexity index is 967. The van der Waals surface area contributed by atoms with Gasteiger partial charge in [0.15, 0.2) is 0 Å². The summed E-state index contributed by atoms with van der Waals surface area (Å²) in [6, 6.07) is 31.8. The summed E-state index contributed by atoms with van der Waals surface area (Å²) in [6.45, 7) is 0. The third-order valence-electron chi connectivity index (χ3n) is 4.60. The minimum absolute atomic E-state index is 0.748. The summed E-state index contributed by atoms with van der Waals surface area (Å²) >= 11 is 9.83. The fourth-order valence-corrected chi connectivity index (χ4v) is 3.88. The molecule has 27 heavy (non-hydrogen) atoms. The van der Waals surface area contributed by atoms with E-state index in [4.69, 9.17) is 11.6 Å². The van der Waals surface area contributed by atoms with Gasteiger partial charge in [0.1, 0.15) is 7.85 Å². The molecule has 4 rings (SSSR count). The van der Waals surface area contributed by atoms with Crippen molar-refractivity contribution in [3.8, 4) is 33.4 Å². The second kappa shape index (κ2) is 7.76. The molecule has 3 heteroatoms. The summed E-state index contributed by atoms with van der Waals surface area (Å²) in [5.41, 5.74) is 8.32. The lowest BCUT2D eigenvalue weighted by Gasteiger charge is -2.12. The molecule has 0 spiro atoms. The maximum absolute atomic E-state index is 6.24. The Kier molecular flexibility index (Phi) is 5.20. The van der Waals surface area contributed by atoms with Crippen molar-refractivity contribution in [2.75, 3.05) is 0 Å². The van der Waals surface area contributed by atoms with Crippen molar-refractivity contribution < 1.29 is 0 Å². The molecule has 4 aromatic rings. The first-order valence-electron chi connectivity index (χ1n) is 8.82. The van der Waals surface area contributed by atoms with E-state index in [0.29, 0.717) is 0 Å². The van der Waals surface area contributed by atoms with E-state index in [1.54, 1.807) is 0 Å². The van der Waals surface area contributed by atoms with E-state index in [1.165, 1.54) is 27.7 Å². The molecule has 0 unspecified atom stereocenters. The molecule has 0 bridgehead atoms. The summed E-state index contributed by atoms with van der Waals surface area (Å²) in [7, 11) is 2.12. The van der Waals surface area contributed by atoms with Crippen molar-refractivity contribution in [2.24, 2.45) is 0 Å². The molecule has 0 aromatic heterocycles. The SMILES string of the molecule is Bc1cccc(-c2cc(-c3cccc(Cl)c3)cc(-c3cccc(Br)c3)c2)c1. The molecular weight excluding hydrogens is 414 g/mol. The van der Waals surface area contributed by atoms with E-state index in [1.807, 2.05) is 24.3 Å². The highest BCUT2D eigenvalue weighted by Gasteiger charge is 2.08. The first-order valence-corrected chi connectivity index (χ1v) is 10.00. The van der Waals surface area contributed by atoms with Crippen LogP contribution in [0.25, 0.3) is 33.4 Å². The molecule has 0 aliphatic carbocycles. The van der Waals surface area contributed by atoms with Crippen molar-refractivity contribution in [2.45, 2.75) is 0 Å². The Balaban J connectivity index is 1.94. The standard InChI is InChI=1S/C24H17BBrCl/c25-22-7-1-4-16(13-22)19-10-20(17-5-2-8-23(26)14-17)12-21(11-19)18-6-3-9-24(27)15-18/h1-15H,25H2. The van der Waals surface area contributed by atoms with Crippen LogP contribution in [0.3, 0.4) is 0 Å². The van der Waals surface area contributed by atoms with E-state index >= 15 is 0 Å². The van der Waals surface area contributed by atoms with Crippen LogP contribution in [0.1, 0.15) is 0 Å². The zero-order chi connectivity index (χ0) is 18.8. The lowest BCUT2D eigenvalue weighted by atomic mass is 9.89. The minimum atomic E-state index is 0.748. The van der Waals surface area contributed by atoms with Gasteiger partial charge in [-0.05, 0) is 75.8 Å². The largest absolute Gasteiger partial charge is 0.139 e. The van der Waals surface area contributed by atoms with E-state index in [9.17, 15) is 0 Å². The smallest absolute Gasteiger partial charge is 0.0884 e. The molecule has 0 fully saturated rings. The number of hydrogen-bond donors (Lipinski definition) is 0. The summed E-state index contributed by atoms with van der Waals surface area (Å²) < 4.78 is 1.07. The van der Waals surface area contributed by atoms with Crippen LogP contribution in [0.5, 0.6) is 0 Å². The van der Waals surface area contributed by atoms with E-state index in [-0.39, 0.29) is 0 Å². The molecule has 0 N–H and O–H groups in total. The van der Waals surface area contributed by atoms with Gasteiger partial charge in [-0.2, -0.15) is 0 Å². The third kappa shape index (κ3) is 4.18. The second-order valence-corrected chi connectivity index (χ2v) is 8.04.